The number of morpholine rings is 1. The van der Waals surface area contributed by atoms with E-state index in [2.05, 4.69) is 10.3 Å². The second-order valence-electron chi connectivity index (χ2n) is 6.06. The number of rotatable bonds is 5. The largest absolute Gasteiger partial charge is 0.508 e. The van der Waals surface area contributed by atoms with Crippen molar-refractivity contribution in [1.82, 2.24) is 14.6 Å². The number of hydrogen-bond donors (Lipinski definition) is 3. The van der Waals surface area contributed by atoms with Gasteiger partial charge in [0.2, 0.25) is 10.0 Å². The van der Waals surface area contributed by atoms with E-state index in [1.54, 1.807) is 31.2 Å². The van der Waals surface area contributed by atoms with Crippen LogP contribution in [0.25, 0.3) is 0 Å². The monoisotopic (exact) mass is 379 g/mol. The van der Waals surface area contributed by atoms with Crippen LogP contribution >= 0.6 is 0 Å². The molecule has 0 bridgehead atoms. The van der Waals surface area contributed by atoms with Crippen LogP contribution in [0.3, 0.4) is 0 Å². The average molecular weight is 379 g/mol. The van der Waals surface area contributed by atoms with Gasteiger partial charge in [0.1, 0.15) is 16.3 Å². The van der Waals surface area contributed by atoms with Crippen LogP contribution in [0.1, 0.15) is 29.0 Å². The predicted octanol–water partition coefficient (Wildman–Crippen LogP) is 1.23. The molecule has 1 aliphatic rings. The number of H-pyrrole nitrogens is 1. The van der Waals surface area contributed by atoms with Gasteiger partial charge in [-0.25, -0.2) is 8.42 Å². The van der Waals surface area contributed by atoms with E-state index in [4.69, 9.17) is 4.74 Å². The average Bonchev–Trinajstić information content (AvgIpc) is 3.13. The summed E-state index contributed by atoms with van der Waals surface area (Å²) in [5, 5.41) is 12.3. The molecule has 2 aromatic rings. The Balaban J connectivity index is 1.71. The third-order valence-corrected chi connectivity index (χ3v) is 6.10. The fourth-order valence-corrected chi connectivity index (χ4v) is 4.14. The fourth-order valence-electron chi connectivity index (χ4n) is 2.74. The highest BCUT2D eigenvalue weighted by atomic mass is 32.2. The number of hydrogen-bond acceptors (Lipinski definition) is 5. The van der Waals surface area contributed by atoms with Crippen LogP contribution in [0.5, 0.6) is 5.75 Å². The Morgan fingerprint density at radius 2 is 2.04 bits per heavy atom. The number of aromatic nitrogens is 1. The van der Waals surface area contributed by atoms with E-state index < -0.39 is 15.9 Å². The Hall–Kier alpha value is -2.36. The second-order valence-corrected chi connectivity index (χ2v) is 7.99. The highest BCUT2D eigenvalue weighted by Gasteiger charge is 2.28. The molecule has 0 radical (unpaired) electrons. The number of nitrogens with zero attached hydrogens (tertiary/aromatic N) is 1. The Kier molecular flexibility index (Phi) is 5.30. The molecule has 0 saturated carbocycles. The minimum atomic E-state index is -3.65. The van der Waals surface area contributed by atoms with Crippen molar-refractivity contribution in [3.05, 3.63) is 47.8 Å². The molecule has 1 amide bonds. The molecule has 0 aliphatic carbocycles. The molecule has 8 nitrogen and oxygen atoms in total. The van der Waals surface area contributed by atoms with E-state index in [1.807, 2.05) is 0 Å². The highest BCUT2D eigenvalue weighted by Crippen LogP contribution is 2.20. The summed E-state index contributed by atoms with van der Waals surface area (Å²) in [6, 6.07) is 7.56. The third kappa shape index (κ3) is 3.90. The molecule has 1 saturated heterocycles. The van der Waals surface area contributed by atoms with Gasteiger partial charge in [0, 0.05) is 19.3 Å². The summed E-state index contributed by atoms with van der Waals surface area (Å²) in [6.45, 7) is 3.09. The number of sulfonamides is 1. The quantitative estimate of drug-likeness (QED) is 0.723. The summed E-state index contributed by atoms with van der Waals surface area (Å²) < 4.78 is 31.7. The minimum absolute atomic E-state index is 0.0505. The van der Waals surface area contributed by atoms with Gasteiger partial charge in [0.25, 0.3) is 5.91 Å². The summed E-state index contributed by atoms with van der Waals surface area (Å²) in [5.41, 5.74) is 0.898. The van der Waals surface area contributed by atoms with Gasteiger partial charge < -0.3 is 20.1 Å². The molecule has 1 fully saturated rings. The number of phenolic OH excluding ortho intramolecular Hbond substituents is 1. The zero-order valence-electron chi connectivity index (χ0n) is 14.3. The van der Waals surface area contributed by atoms with E-state index >= 15 is 0 Å². The summed E-state index contributed by atoms with van der Waals surface area (Å²) in [7, 11) is -3.65. The molecule has 1 aromatic carbocycles. The van der Waals surface area contributed by atoms with E-state index in [0.717, 1.165) is 5.56 Å². The van der Waals surface area contributed by atoms with Crippen molar-refractivity contribution in [2.45, 2.75) is 17.9 Å². The molecule has 9 heteroatoms. The molecule has 1 atom stereocenters. The van der Waals surface area contributed by atoms with Gasteiger partial charge in [-0.2, -0.15) is 4.31 Å². The first-order valence-electron chi connectivity index (χ1n) is 8.24. The lowest BCUT2D eigenvalue weighted by molar-refractivity contribution is 0.0730. The first kappa shape index (κ1) is 18.4. The zero-order valence-corrected chi connectivity index (χ0v) is 15.1. The van der Waals surface area contributed by atoms with Crippen molar-refractivity contribution >= 4 is 15.9 Å². The number of aromatic hydroxyl groups is 1. The highest BCUT2D eigenvalue weighted by molar-refractivity contribution is 7.89. The summed E-state index contributed by atoms with van der Waals surface area (Å²) in [4.78, 5) is 15.2. The van der Waals surface area contributed by atoms with Crippen LogP contribution in [-0.4, -0.2) is 55.0 Å². The van der Waals surface area contributed by atoms with Crippen LogP contribution in [0.4, 0.5) is 0 Å². The van der Waals surface area contributed by atoms with Crippen molar-refractivity contribution in [3.8, 4) is 5.75 Å². The number of benzene rings is 1. The number of ether oxygens (including phenoxy) is 1. The number of phenols is 1. The summed E-state index contributed by atoms with van der Waals surface area (Å²) >= 11 is 0. The Labute approximate surface area is 151 Å². The first-order chi connectivity index (χ1) is 12.4. The van der Waals surface area contributed by atoms with E-state index in [-0.39, 0.29) is 22.4 Å². The molecular formula is C17H21N3O5S. The fraction of sp³-hybridized carbons (Fsp3) is 0.353. The Morgan fingerprint density at radius 3 is 2.73 bits per heavy atom. The summed E-state index contributed by atoms with van der Waals surface area (Å²) in [5.74, 6) is -0.313. The molecule has 26 heavy (non-hydrogen) atoms. The molecule has 1 aliphatic heterocycles. The Bertz CT molecular complexity index is 887. The van der Waals surface area contributed by atoms with Gasteiger partial charge in [-0.3, -0.25) is 4.79 Å². The number of nitrogens with one attached hydrogen (secondary N) is 2. The van der Waals surface area contributed by atoms with E-state index in [1.165, 1.54) is 16.6 Å². The van der Waals surface area contributed by atoms with Crippen molar-refractivity contribution in [2.24, 2.45) is 0 Å². The second kappa shape index (κ2) is 7.48. The standard InChI is InChI=1S/C17H21N3O5S/c1-12(13-3-2-4-14(21)9-13)19-17(22)16-10-15(11-18-16)26(23,24)20-5-7-25-8-6-20/h2-4,9-12,18,21H,5-8H2,1H3,(H,19,22). The van der Waals surface area contributed by atoms with Crippen molar-refractivity contribution < 1.29 is 23.1 Å². The number of carbonyl (C=O) groups excluding carboxylic acids is 1. The van der Waals surface area contributed by atoms with Gasteiger partial charge in [0.05, 0.1) is 19.3 Å². The Morgan fingerprint density at radius 1 is 1.31 bits per heavy atom. The summed E-state index contributed by atoms with van der Waals surface area (Å²) in [6.07, 6.45) is 1.32. The molecule has 0 spiro atoms. The van der Waals surface area contributed by atoms with Crippen LogP contribution < -0.4 is 5.32 Å². The number of aromatic amines is 1. The molecule has 1 aromatic heterocycles. The van der Waals surface area contributed by atoms with Crippen molar-refractivity contribution in [2.75, 3.05) is 26.3 Å². The molecule has 3 N–H and O–H groups in total. The van der Waals surface area contributed by atoms with E-state index in [0.29, 0.717) is 26.3 Å². The zero-order chi connectivity index (χ0) is 18.7. The third-order valence-electron chi connectivity index (χ3n) is 4.23. The normalized spacial score (nSPS) is 17.0. The smallest absolute Gasteiger partial charge is 0.268 e. The van der Waals surface area contributed by atoms with Crippen LogP contribution in [-0.2, 0) is 14.8 Å². The maximum atomic E-state index is 12.6. The van der Waals surface area contributed by atoms with Gasteiger partial charge >= 0.3 is 0 Å². The van der Waals surface area contributed by atoms with Gasteiger partial charge in [-0.1, -0.05) is 12.1 Å². The molecule has 2 heterocycles. The van der Waals surface area contributed by atoms with Crippen LogP contribution in [0, 0.1) is 0 Å². The molecular weight excluding hydrogens is 358 g/mol. The SMILES string of the molecule is CC(NC(=O)c1cc(S(=O)(=O)N2CCOCC2)c[nH]1)c1cccc(O)c1. The predicted molar refractivity (Wildman–Crippen MR) is 94.4 cm³/mol. The van der Waals surface area contributed by atoms with Crippen LogP contribution in [0.2, 0.25) is 0 Å². The lowest BCUT2D eigenvalue weighted by atomic mass is 10.1. The number of amides is 1. The maximum absolute atomic E-state index is 12.6. The maximum Gasteiger partial charge on any atom is 0.268 e. The lowest BCUT2D eigenvalue weighted by Crippen LogP contribution is -2.40. The van der Waals surface area contributed by atoms with Gasteiger partial charge in [-0.05, 0) is 30.7 Å². The molecule has 1 unspecified atom stereocenters. The van der Waals surface area contributed by atoms with Crippen molar-refractivity contribution in [1.29, 1.82) is 0 Å². The van der Waals surface area contributed by atoms with Crippen LogP contribution in [0.15, 0.2) is 41.4 Å². The van der Waals surface area contributed by atoms with Gasteiger partial charge in [0.15, 0.2) is 0 Å². The first-order valence-corrected chi connectivity index (χ1v) is 9.68. The van der Waals surface area contributed by atoms with Crippen molar-refractivity contribution in [3.63, 3.8) is 0 Å². The number of carbonyl (C=O) groups is 1. The topological polar surface area (TPSA) is 112 Å². The minimum Gasteiger partial charge on any atom is -0.508 e. The molecule has 3 rings (SSSR count). The lowest BCUT2D eigenvalue weighted by Gasteiger charge is -2.25. The van der Waals surface area contributed by atoms with E-state index in [9.17, 15) is 18.3 Å². The molecule has 140 valence electrons. The van der Waals surface area contributed by atoms with Gasteiger partial charge in [-0.15, -0.1) is 0 Å².